The molecule has 0 spiro atoms. The smallest absolute Gasteiger partial charge is 0.0736 e. The molecule has 0 bridgehead atoms. The van der Waals surface area contributed by atoms with E-state index in [4.69, 9.17) is 40.5 Å². The third-order valence-corrected chi connectivity index (χ3v) is 3.20. The number of benzene rings is 1. The summed E-state index contributed by atoms with van der Waals surface area (Å²) in [4.78, 5) is 4.36. The summed E-state index contributed by atoms with van der Waals surface area (Å²) in [5, 5.41) is 1.44. The first-order valence-electron chi connectivity index (χ1n) is 4.87. The molecular formula is C12H9Cl3N2. The Kier molecular flexibility index (Phi) is 3.48. The van der Waals surface area contributed by atoms with Gasteiger partial charge in [-0.3, -0.25) is 4.98 Å². The van der Waals surface area contributed by atoms with Crippen LogP contribution in [0, 0.1) is 6.92 Å². The lowest BCUT2D eigenvalue weighted by molar-refractivity contribution is 1.21. The second kappa shape index (κ2) is 4.73. The fourth-order valence-corrected chi connectivity index (χ4v) is 2.51. The first-order chi connectivity index (χ1) is 7.99. The van der Waals surface area contributed by atoms with Gasteiger partial charge < -0.3 is 5.73 Å². The number of rotatable bonds is 1. The lowest BCUT2D eigenvalue weighted by Crippen LogP contribution is -1.95. The summed E-state index contributed by atoms with van der Waals surface area (Å²) < 4.78 is 0. The van der Waals surface area contributed by atoms with Gasteiger partial charge in [0, 0.05) is 10.6 Å². The Balaban J connectivity index is 2.64. The van der Waals surface area contributed by atoms with Crippen LogP contribution in [-0.2, 0) is 0 Å². The highest BCUT2D eigenvalue weighted by molar-refractivity contribution is 6.41. The van der Waals surface area contributed by atoms with Gasteiger partial charge in [-0.2, -0.15) is 0 Å². The van der Waals surface area contributed by atoms with Crippen LogP contribution in [0.1, 0.15) is 5.69 Å². The number of anilines is 1. The molecular weight excluding hydrogens is 279 g/mol. The molecule has 0 radical (unpaired) electrons. The van der Waals surface area contributed by atoms with Gasteiger partial charge in [0.25, 0.3) is 0 Å². The monoisotopic (exact) mass is 286 g/mol. The van der Waals surface area contributed by atoms with E-state index >= 15 is 0 Å². The second-order valence-corrected chi connectivity index (χ2v) is 4.87. The van der Waals surface area contributed by atoms with Crippen molar-refractivity contribution in [2.75, 3.05) is 5.73 Å². The zero-order chi connectivity index (χ0) is 12.6. The van der Waals surface area contributed by atoms with Crippen LogP contribution in [0.2, 0.25) is 15.1 Å². The molecule has 2 aromatic rings. The molecule has 2 N–H and O–H groups in total. The summed E-state index contributed by atoms with van der Waals surface area (Å²) in [5.41, 5.74) is 8.44. The van der Waals surface area contributed by atoms with Crippen molar-refractivity contribution in [3.05, 3.63) is 45.0 Å². The van der Waals surface area contributed by atoms with Gasteiger partial charge in [0.15, 0.2) is 0 Å². The Hall–Kier alpha value is -0.960. The zero-order valence-electron chi connectivity index (χ0n) is 8.97. The third kappa shape index (κ3) is 2.49. The van der Waals surface area contributed by atoms with Crippen LogP contribution in [0.15, 0.2) is 24.3 Å². The van der Waals surface area contributed by atoms with Crippen LogP contribution < -0.4 is 5.73 Å². The maximum atomic E-state index is 6.12. The Morgan fingerprint density at radius 3 is 2.18 bits per heavy atom. The van der Waals surface area contributed by atoms with E-state index < -0.39 is 0 Å². The largest absolute Gasteiger partial charge is 0.397 e. The fourth-order valence-electron chi connectivity index (χ4n) is 1.50. The number of nitrogen functional groups attached to an aromatic ring is 1. The quantitative estimate of drug-likeness (QED) is 0.832. The summed E-state index contributed by atoms with van der Waals surface area (Å²) in [7, 11) is 0. The van der Waals surface area contributed by atoms with E-state index in [1.165, 1.54) is 0 Å². The highest BCUT2D eigenvalue weighted by Crippen LogP contribution is 2.36. The number of hydrogen-bond donors (Lipinski definition) is 1. The Morgan fingerprint density at radius 1 is 1.06 bits per heavy atom. The van der Waals surface area contributed by atoms with Gasteiger partial charge in [0.2, 0.25) is 0 Å². The molecule has 0 fully saturated rings. The molecule has 0 saturated carbocycles. The van der Waals surface area contributed by atoms with Crippen molar-refractivity contribution >= 4 is 40.5 Å². The molecule has 2 rings (SSSR count). The minimum Gasteiger partial charge on any atom is -0.397 e. The molecule has 5 heteroatoms. The van der Waals surface area contributed by atoms with E-state index in [1.54, 1.807) is 24.3 Å². The highest BCUT2D eigenvalue weighted by atomic mass is 35.5. The van der Waals surface area contributed by atoms with Gasteiger partial charge >= 0.3 is 0 Å². The molecule has 0 unspecified atom stereocenters. The summed E-state index contributed by atoms with van der Waals surface area (Å²) >= 11 is 18.1. The van der Waals surface area contributed by atoms with E-state index in [-0.39, 0.29) is 0 Å². The number of pyridine rings is 1. The van der Waals surface area contributed by atoms with E-state index in [1.807, 2.05) is 6.92 Å². The number of nitrogens with zero attached hydrogens (tertiary/aromatic N) is 1. The SMILES string of the molecule is Cc1nc(-c2c(Cl)cc(Cl)cc2Cl)ccc1N. The summed E-state index contributed by atoms with van der Waals surface area (Å²) in [6, 6.07) is 6.83. The molecule has 0 atom stereocenters. The number of hydrogen-bond acceptors (Lipinski definition) is 2. The van der Waals surface area contributed by atoms with Crippen molar-refractivity contribution in [1.82, 2.24) is 4.98 Å². The third-order valence-electron chi connectivity index (χ3n) is 2.39. The number of aromatic nitrogens is 1. The second-order valence-electron chi connectivity index (χ2n) is 3.62. The van der Waals surface area contributed by atoms with E-state index in [0.29, 0.717) is 32.0 Å². The predicted octanol–water partition coefficient (Wildman–Crippen LogP) is 4.60. The van der Waals surface area contributed by atoms with Crippen LogP contribution >= 0.6 is 34.8 Å². The summed E-state index contributed by atoms with van der Waals surface area (Å²) in [5.74, 6) is 0. The van der Waals surface area contributed by atoms with Gasteiger partial charge in [-0.25, -0.2) is 0 Å². The fraction of sp³-hybridized carbons (Fsp3) is 0.0833. The van der Waals surface area contributed by atoms with Gasteiger partial charge in [-0.1, -0.05) is 34.8 Å². The van der Waals surface area contributed by atoms with E-state index in [0.717, 1.165) is 5.69 Å². The minimum absolute atomic E-state index is 0.471. The van der Waals surface area contributed by atoms with Gasteiger partial charge in [-0.15, -0.1) is 0 Å². The molecule has 88 valence electrons. The van der Waals surface area contributed by atoms with Crippen molar-refractivity contribution in [1.29, 1.82) is 0 Å². The Labute approximate surface area is 114 Å². The highest BCUT2D eigenvalue weighted by Gasteiger charge is 2.12. The van der Waals surface area contributed by atoms with Crippen LogP contribution in [0.5, 0.6) is 0 Å². The van der Waals surface area contributed by atoms with Crippen LogP contribution in [0.4, 0.5) is 5.69 Å². The maximum absolute atomic E-state index is 6.12. The standard InChI is InChI=1S/C12H9Cl3N2/c1-6-10(16)2-3-11(17-6)12-8(14)4-7(13)5-9(12)15/h2-5H,16H2,1H3. The molecule has 0 saturated heterocycles. The van der Waals surface area contributed by atoms with E-state index in [2.05, 4.69) is 4.98 Å². The topological polar surface area (TPSA) is 38.9 Å². The molecule has 0 aliphatic rings. The average Bonchev–Trinajstić information content (AvgIpc) is 2.21. The minimum atomic E-state index is 0.471. The number of halogens is 3. The summed E-state index contributed by atoms with van der Waals surface area (Å²) in [6.07, 6.45) is 0. The van der Waals surface area contributed by atoms with Gasteiger partial charge in [-0.05, 0) is 31.2 Å². The molecule has 1 aromatic carbocycles. The molecule has 1 aromatic heterocycles. The summed E-state index contributed by atoms with van der Waals surface area (Å²) in [6.45, 7) is 1.83. The van der Waals surface area contributed by atoms with Crippen molar-refractivity contribution in [3.8, 4) is 11.3 Å². The van der Waals surface area contributed by atoms with Crippen molar-refractivity contribution in [3.63, 3.8) is 0 Å². The van der Waals surface area contributed by atoms with Crippen LogP contribution in [0.3, 0.4) is 0 Å². The molecule has 2 nitrogen and oxygen atoms in total. The lowest BCUT2D eigenvalue weighted by Gasteiger charge is -2.09. The van der Waals surface area contributed by atoms with E-state index in [9.17, 15) is 0 Å². The molecule has 0 aliphatic carbocycles. The van der Waals surface area contributed by atoms with Crippen LogP contribution in [-0.4, -0.2) is 4.98 Å². The Bertz CT molecular complexity index is 559. The van der Waals surface area contributed by atoms with Gasteiger partial charge in [0.1, 0.15) is 0 Å². The lowest BCUT2D eigenvalue weighted by atomic mass is 10.1. The molecule has 1 heterocycles. The number of nitrogens with two attached hydrogens (primary N) is 1. The van der Waals surface area contributed by atoms with Crippen molar-refractivity contribution < 1.29 is 0 Å². The first-order valence-corrected chi connectivity index (χ1v) is 6.00. The van der Waals surface area contributed by atoms with Crippen molar-refractivity contribution in [2.24, 2.45) is 0 Å². The van der Waals surface area contributed by atoms with Crippen LogP contribution in [0.25, 0.3) is 11.3 Å². The average molecular weight is 288 g/mol. The molecule has 0 aliphatic heterocycles. The molecule has 0 amide bonds. The van der Waals surface area contributed by atoms with Crippen molar-refractivity contribution in [2.45, 2.75) is 6.92 Å². The first kappa shape index (κ1) is 12.5. The number of aryl methyl sites for hydroxylation is 1. The zero-order valence-corrected chi connectivity index (χ0v) is 11.2. The predicted molar refractivity (Wildman–Crippen MR) is 73.9 cm³/mol. The molecule has 17 heavy (non-hydrogen) atoms. The van der Waals surface area contributed by atoms with Gasteiger partial charge in [0.05, 0.1) is 27.1 Å². The normalized spacial score (nSPS) is 10.6. The Morgan fingerprint density at radius 2 is 1.65 bits per heavy atom. The maximum Gasteiger partial charge on any atom is 0.0736 e.